The van der Waals surface area contributed by atoms with Crippen LogP contribution in [0.2, 0.25) is 5.02 Å². The zero-order valence-corrected chi connectivity index (χ0v) is 10.3. The summed E-state index contributed by atoms with van der Waals surface area (Å²) in [4.78, 5) is 0. The largest absolute Gasteiger partial charge is 0.454 e. The predicted molar refractivity (Wildman–Crippen MR) is 67.3 cm³/mol. The van der Waals surface area contributed by atoms with E-state index >= 15 is 0 Å². The quantitative estimate of drug-likeness (QED) is 0.909. The van der Waals surface area contributed by atoms with Gasteiger partial charge in [-0.2, -0.15) is 5.10 Å². The van der Waals surface area contributed by atoms with E-state index < -0.39 is 0 Å². The first-order chi connectivity index (χ1) is 8.22. The smallest absolute Gasteiger partial charge is 0.165 e. The topological polar surface area (TPSA) is 53.1 Å². The Morgan fingerprint density at radius 3 is 2.94 bits per heavy atom. The summed E-state index contributed by atoms with van der Waals surface area (Å²) >= 11 is 5.93. The molecule has 2 N–H and O–H groups in total. The molecular weight excluding hydrogens is 238 g/mol. The van der Waals surface area contributed by atoms with Crippen LogP contribution in [-0.2, 0) is 13.1 Å². The summed E-state index contributed by atoms with van der Waals surface area (Å²) in [5.41, 5.74) is 6.56. The standard InChI is InChI=1S/C12H14ClN3O/c1-2-16-8-11(7-15-16)17-12-5-10(13)4-3-9(12)6-14/h3-5,7-8H,2,6,14H2,1H3. The maximum absolute atomic E-state index is 5.93. The van der Waals surface area contributed by atoms with Gasteiger partial charge in [0, 0.05) is 23.7 Å². The van der Waals surface area contributed by atoms with E-state index in [2.05, 4.69) is 5.10 Å². The molecule has 90 valence electrons. The Bertz CT molecular complexity index is 510. The highest BCUT2D eigenvalue weighted by Crippen LogP contribution is 2.27. The molecule has 0 fully saturated rings. The molecule has 1 aromatic carbocycles. The van der Waals surface area contributed by atoms with Crippen LogP contribution >= 0.6 is 11.6 Å². The fourth-order valence-electron chi connectivity index (χ4n) is 1.49. The molecule has 0 amide bonds. The summed E-state index contributed by atoms with van der Waals surface area (Å²) in [6, 6.07) is 5.42. The van der Waals surface area contributed by atoms with Gasteiger partial charge in [0.25, 0.3) is 0 Å². The Labute approximate surface area is 105 Å². The van der Waals surface area contributed by atoms with Crippen molar-refractivity contribution in [1.29, 1.82) is 0 Å². The van der Waals surface area contributed by atoms with Gasteiger partial charge in [0.1, 0.15) is 5.75 Å². The minimum Gasteiger partial charge on any atom is -0.454 e. The third-order valence-corrected chi connectivity index (χ3v) is 2.65. The molecule has 0 aliphatic heterocycles. The number of ether oxygens (including phenoxy) is 1. The van der Waals surface area contributed by atoms with Crippen molar-refractivity contribution in [1.82, 2.24) is 9.78 Å². The first-order valence-corrected chi connectivity index (χ1v) is 5.79. The van der Waals surface area contributed by atoms with E-state index in [-0.39, 0.29) is 0 Å². The second kappa shape index (κ2) is 5.21. The van der Waals surface area contributed by atoms with E-state index in [4.69, 9.17) is 22.1 Å². The monoisotopic (exact) mass is 251 g/mol. The van der Waals surface area contributed by atoms with Crippen LogP contribution in [0.3, 0.4) is 0 Å². The van der Waals surface area contributed by atoms with Gasteiger partial charge in [-0.25, -0.2) is 0 Å². The van der Waals surface area contributed by atoms with E-state index in [9.17, 15) is 0 Å². The molecule has 0 unspecified atom stereocenters. The maximum atomic E-state index is 5.93. The van der Waals surface area contributed by atoms with Crippen molar-refractivity contribution in [3.63, 3.8) is 0 Å². The molecule has 2 aromatic rings. The predicted octanol–water partition coefficient (Wildman–Crippen LogP) is 2.81. The average Bonchev–Trinajstić information content (AvgIpc) is 2.77. The van der Waals surface area contributed by atoms with E-state index in [0.29, 0.717) is 23.1 Å². The molecule has 0 aliphatic rings. The summed E-state index contributed by atoms with van der Waals surface area (Å²) in [6.45, 7) is 3.23. The Morgan fingerprint density at radius 2 is 2.29 bits per heavy atom. The highest BCUT2D eigenvalue weighted by molar-refractivity contribution is 6.30. The number of aromatic nitrogens is 2. The maximum Gasteiger partial charge on any atom is 0.165 e. The fourth-order valence-corrected chi connectivity index (χ4v) is 1.65. The second-order valence-corrected chi connectivity index (χ2v) is 4.03. The van der Waals surface area contributed by atoms with E-state index in [1.165, 1.54) is 0 Å². The summed E-state index contributed by atoms with van der Waals surface area (Å²) in [6.07, 6.45) is 3.51. The summed E-state index contributed by atoms with van der Waals surface area (Å²) in [5, 5.41) is 4.76. The Balaban J connectivity index is 2.25. The second-order valence-electron chi connectivity index (χ2n) is 3.59. The molecule has 17 heavy (non-hydrogen) atoms. The van der Waals surface area contributed by atoms with Crippen LogP contribution in [0.5, 0.6) is 11.5 Å². The van der Waals surface area contributed by atoms with Gasteiger partial charge in [-0.05, 0) is 19.1 Å². The highest BCUT2D eigenvalue weighted by atomic mass is 35.5. The van der Waals surface area contributed by atoms with Gasteiger partial charge < -0.3 is 10.5 Å². The molecule has 0 atom stereocenters. The average molecular weight is 252 g/mol. The van der Waals surface area contributed by atoms with Crippen molar-refractivity contribution in [2.75, 3.05) is 0 Å². The number of hydrogen-bond donors (Lipinski definition) is 1. The number of hydrogen-bond acceptors (Lipinski definition) is 3. The van der Waals surface area contributed by atoms with Crippen molar-refractivity contribution >= 4 is 11.6 Å². The Morgan fingerprint density at radius 1 is 1.47 bits per heavy atom. The lowest BCUT2D eigenvalue weighted by Crippen LogP contribution is -1.99. The molecule has 0 bridgehead atoms. The summed E-state index contributed by atoms with van der Waals surface area (Å²) in [5.74, 6) is 1.36. The van der Waals surface area contributed by atoms with Gasteiger partial charge >= 0.3 is 0 Å². The van der Waals surface area contributed by atoms with E-state index in [0.717, 1.165) is 12.1 Å². The zero-order chi connectivity index (χ0) is 12.3. The molecule has 2 rings (SSSR count). The van der Waals surface area contributed by atoms with Crippen LogP contribution in [0, 0.1) is 0 Å². The van der Waals surface area contributed by atoms with Crippen LogP contribution < -0.4 is 10.5 Å². The van der Waals surface area contributed by atoms with Gasteiger partial charge in [0.2, 0.25) is 0 Å². The molecular formula is C12H14ClN3O. The minimum absolute atomic E-state index is 0.411. The minimum atomic E-state index is 0.411. The van der Waals surface area contributed by atoms with Gasteiger partial charge in [0.15, 0.2) is 5.75 Å². The lowest BCUT2D eigenvalue weighted by atomic mass is 10.2. The molecule has 0 aliphatic carbocycles. The number of rotatable bonds is 4. The molecule has 1 aromatic heterocycles. The molecule has 0 saturated heterocycles. The number of halogens is 1. The molecule has 5 heteroatoms. The normalized spacial score (nSPS) is 10.5. The first kappa shape index (κ1) is 12.0. The number of nitrogens with two attached hydrogens (primary N) is 1. The summed E-state index contributed by atoms with van der Waals surface area (Å²) < 4.78 is 7.51. The van der Waals surface area contributed by atoms with Crippen LogP contribution in [0.4, 0.5) is 0 Å². The molecule has 1 heterocycles. The molecule has 4 nitrogen and oxygen atoms in total. The Kier molecular flexibility index (Phi) is 3.66. The van der Waals surface area contributed by atoms with Gasteiger partial charge in [-0.15, -0.1) is 0 Å². The number of benzene rings is 1. The van der Waals surface area contributed by atoms with Crippen LogP contribution in [0.25, 0.3) is 0 Å². The van der Waals surface area contributed by atoms with Crippen molar-refractivity contribution in [2.24, 2.45) is 5.73 Å². The SMILES string of the molecule is CCn1cc(Oc2cc(Cl)ccc2CN)cn1. The van der Waals surface area contributed by atoms with E-state index in [1.807, 2.05) is 19.2 Å². The van der Waals surface area contributed by atoms with E-state index in [1.54, 1.807) is 23.0 Å². The van der Waals surface area contributed by atoms with Crippen LogP contribution in [0.15, 0.2) is 30.6 Å². The highest BCUT2D eigenvalue weighted by Gasteiger charge is 2.06. The zero-order valence-electron chi connectivity index (χ0n) is 9.56. The molecule has 0 spiro atoms. The first-order valence-electron chi connectivity index (χ1n) is 5.41. The van der Waals surface area contributed by atoms with Crippen molar-refractivity contribution in [3.8, 4) is 11.5 Å². The van der Waals surface area contributed by atoms with Crippen LogP contribution in [-0.4, -0.2) is 9.78 Å². The number of nitrogens with zero attached hydrogens (tertiary/aromatic N) is 2. The third kappa shape index (κ3) is 2.78. The van der Waals surface area contributed by atoms with Crippen molar-refractivity contribution < 1.29 is 4.74 Å². The fraction of sp³-hybridized carbons (Fsp3) is 0.250. The lowest BCUT2D eigenvalue weighted by Gasteiger charge is -2.08. The van der Waals surface area contributed by atoms with Crippen molar-refractivity contribution in [3.05, 3.63) is 41.2 Å². The number of aryl methyl sites for hydroxylation is 1. The molecule has 0 saturated carbocycles. The van der Waals surface area contributed by atoms with Gasteiger partial charge in [0.05, 0.1) is 12.4 Å². The third-order valence-electron chi connectivity index (χ3n) is 2.41. The van der Waals surface area contributed by atoms with Crippen molar-refractivity contribution in [2.45, 2.75) is 20.0 Å². The Hall–Kier alpha value is -1.52. The molecule has 0 radical (unpaired) electrons. The van der Waals surface area contributed by atoms with Crippen LogP contribution in [0.1, 0.15) is 12.5 Å². The lowest BCUT2D eigenvalue weighted by molar-refractivity contribution is 0.475. The van der Waals surface area contributed by atoms with Gasteiger partial charge in [-0.3, -0.25) is 4.68 Å². The summed E-state index contributed by atoms with van der Waals surface area (Å²) in [7, 11) is 0. The van der Waals surface area contributed by atoms with Gasteiger partial charge in [-0.1, -0.05) is 17.7 Å².